The molecule has 0 saturated heterocycles. The lowest BCUT2D eigenvalue weighted by Crippen LogP contribution is -2.34. The zero-order chi connectivity index (χ0) is 22.9. The van der Waals surface area contributed by atoms with Crippen LogP contribution in [0.15, 0.2) is 78.1 Å². The van der Waals surface area contributed by atoms with Gasteiger partial charge in [0.15, 0.2) is 16.8 Å². The van der Waals surface area contributed by atoms with Crippen LogP contribution in [-0.4, -0.2) is 25.6 Å². The molecule has 0 radical (unpaired) electrons. The molecule has 3 aromatic heterocycles. The van der Waals surface area contributed by atoms with Crippen LogP contribution in [-0.2, 0) is 7.05 Å². The Kier molecular flexibility index (Phi) is 5.27. The maximum absolute atomic E-state index is 13.3. The Morgan fingerprint density at radius 2 is 1.97 bits per heavy atom. The van der Waals surface area contributed by atoms with E-state index in [0.717, 1.165) is 5.56 Å². The fourth-order valence-electron chi connectivity index (χ4n) is 3.72. The molecule has 2 N–H and O–H groups in total. The summed E-state index contributed by atoms with van der Waals surface area (Å²) in [6.45, 7) is 0. The number of nitrogens with zero attached hydrogens (tertiary/aromatic N) is 3. The average Bonchev–Trinajstić information content (AvgIpc) is 3.18. The number of aryl methyl sites for hydroxylation is 1. The van der Waals surface area contributed by atoms with Gasteiger partial charge in [-0.05, 0) is 23.8 Å². The van der Waals surface area contributed by atoms with Gasteiger partial charge >= 0.3 is 6.09 Å². The summed E-state index contributed by atoms with van der Waals surface area (Å²) in [6, 6.07) is 15.1. The molecule has 1 atom stereocenters. The Balaban J connectivity index is 1.49. The van der Waals surface area contributed by atoms with Crippen molar-refractivity contribution in [3.05, 3.63) is 99.7 Å². The summed E-state index contributed by atoms with van der Waals surface area (Å²) in [5.41, 5.74) is 2.77. The molecule has 0 aliphatic carbocycles. The van der Waals surface area contributed by atoms with Crippen molar-refractivity contribution < 1.29 is 9.53 Å². The first kappa shape index (κ1) is 20.7. The second-order valence-corrected chi connectivity index (χ2v) is 7.95. The Morgan fingerprint density at radius 1 is 1.15 bits per heavy atom. The third-order valence-corrected chi connectivity index (χ3v) is 5.55. The molecule has 1 unspecified atom stereocenters. The average molecular weight is 460 g/mol. The molecule has 0 spiro atoms. The monoisotopic (exact) mass is 459 g/mol. The van der Waals surface area contributed by atoms with E-state index in [0.29, 0.717) is 32.7 Å². The van der Waals surface area contributed by atoms with Crippen molar-refractivity contribution in [3.63, 3.8) is 0 Å². The number of nitrogens with one attached hydrogen (secondary N) is 2. The molecular weight excluding hydrogens is 442 g/mol. The van der Waals surface area contributed by atoms with E-state index in [4.69, 9.17) is 16.3 Å². The van der Waals surface area contributed by atoms with Crippen molar-refractivity contribution in [2.45, 2.75) is 6.04 Å². The van der Waals surface area contributed by atoms with Gasteiger partial charge in [0.1, 0.15) is 5.52 Å². The highest BCUT2D eigenvalue weighted by Crippen LogP contribution is 2.23. The number of fused-ring (bicyclic) bond motifs is 2. The number of ether oxygens (including phenoxy) is 1. The second kappa shape index (κ2) is 8.40. The number of hydrogen-bond acceptors (Lipinski definition) is 5. The molecule has 33 heavy (non-hydrogen) atoms. The van der Waals surface area contributed by atoms with Crippen LogP contribution in [0.2, 0.25) is 5.02 Å². The zero-order valence-electron chi connectivity index (χ0n) is 17.4. The molecule has 9 heteroatoms. The highest BCUT2D eigenvalue weighted by molar-refractivity contribution is 6.31. The van der Waals surface area contributed by atoms with Crippen LogP contribution in [0, 0.1) is 0 Å². The lowest BCUT2D eigenvalue weighted by atomic mass is 9.98. The number of imidazole rings is 1. The van der Waals surface area contributed by atoms with Crippen molar-refractivity contribution in [1.82, 2.24) is 24.8 Å². The first-order chi connectivity index (χ1) is 16.0. The fourth-order valence-corrected chi connectivity index (χ4v) is 3.89. The third kappa shape index (κ3) is 4.04. The van der Waals surface area contributed by atoms with Gasteiger partial charge in [-0.2, -0.15) is 0 Å². The first-order valence-electron chi connectivity index (χ1n) is 10.1. The molecule has 3 heterocycles. The summed E-state index contributed by atoms with van der Waals surface area (Å²) in [4.78, 5) is 37.7. The van der Waals surface area contributed by atoms with Gasteiger partial charge in [0.25, 0.3) is 0 Å². The number of aromatic amines is 1. The molecule has 0 aliphatic rings. The normalized spacial score (nSPS) is 12.1. The smallest absolute Gasteiger partial charge is 0.409 e. The number of carbonyl (C=O) groups excluding carboxylic acids is 1. The Morgan fingerprint density at radius 3 is 2.79 bits per heavy atom. The molecule has 8 nitrogen and oxygen atoms in total. The zero-order valence-corrected chi connectivity index (χ0v) is 18.2. The molecule has 5 aromatic rings. The summed E-state index contributed by atoms with van der Waals surface area (Å²) in [5.74, 6) is 0.243. The molecule has 2 aromatic carbocycles. The summed E-state index contributed by atoms with van der Waals surface area (Å²) in [6.07, 6.45) is 3.94. The number of carbonyl (C=O) groups is 1. The number of benzene rings is 2. The van der Waals surface area contributed by atoms with Gasteiger partial charge in [0.2, 0.25) is 0 Å². The van der Waals surface area contributed by atoms with E-state index < -0.39 is 12.1 Å². The molecule has 5 rings (SSSR count). The Hall–Kier alpha value is -4.17. The molecule has 164 valence electrons. The molecule has 1 amide bonds. The summed E-state index contributed by atoms with van der Waals surface area (Å²) in [5, 5.41) is 3.80. The molecule has 0 fully saturated rings. The van der Waals surface area contributed by atoms with Gasteiger partial charge in [-0.15, -0.1) is 0 Å². The maximum Gasteiger partial charge on any atom is 0.413 e. The van der Waals surface area contributed by atoms with Crippen molar-refractivity contribution in [3.8, 4) is 5.75 Å². The van der Waals surface area contributed by atoms with Gasteiger partial charge < -0.3 is 19.6 Å². The minimum absolute atomic E-state index is 0.217. The minimum atomic E-state index is -0.742. The second-order valence-electron chi connectivity index (χ2n) is 7.51. The van der Waals surface area contributed by atoms with Gasteiger partial charge in [0.05, 0.1) is 24.1 Å². The van der Waals surface area contributed by atoms with E-state index in [1.807, 2.05) is 37.4 Å². The largest absolute Gasteiger partial charge is 0.413 e. The summed E-state index contributed by atoms with van der Waals surface area (Å²) in [7, 11) is 1.83. The van der Waals surface area contributed by atoms with E-state index in [1.54, 1.807) is 41.4 Å². The van der Waals surface area contributed by atoms with E-state index in [1.165, 1.54) is 6.20 Å². The quantitative estimate of drug-likeness (QED) is 0.416. The van der Waals surface area contributed by atoms with E-state index in [2.05, 4.69) is 20.3 Å². The standard InChI is InChI=1S/C24H18ClN5O3/c1-30-13-28-20-10-16(11-27-23(20)30)33-24(32)29-21(14-5-3-2-4-6-14)18-12-26-19-9-15(25)7-8-17(19)22(18)31/h2-13,21H,1H3,(H,26,31)(H,29,32). The maximum atomic E-state index is 13.3. The van der Waals surface area contributed by atoms with Crippen LogP contribution >= 0.6 is 11.6 Å². The SMILES string of the molecule is Cn1cnc2cc(OC(=O)NC(c3ccccc3)c3c[nH]c4cc(Cl)ccc4c3=O)cnc21. The lowest BCUT2D eigenvalue weighted by Gasteiger charge is -2.19. The molecule has 0 saturated carbocycles. The highest BCUT2D eigenvalue weighted by Gasteiger charge is 2.22. The first-order valence-corrected chi connectivity index (χ1v) is 10.5. The van der Waals surface area contributed by atoms with Crippen LogP contribution < -0.4 is 15.5 Å². The molecular formula is C24H18ClN5O3. The van der Waals surface area contributed by atoms with E-state index >= 15 is 0 Å². The predicted octanol–water partition coefficient (Wildman–Crippen LogP) is 4.34. The highest BCUT2D eigenvalue weighted by atomic mass is 35.5. The van der Waals surface area contributed by atoms with Crippen LogP contribution in [0.5, 0.6) is 5.75 Å². The number of pyridine rings is 2. The summed E-state index contributed by atoms with van der Waals surface area (Å²) >= 11 is 6.05. The van der Waals surface area contributed by atoms with Crippen molar-refractivity contribution in [2.24, 2.45) is 7.05 Å². The van der Waals surface area contributed by atoms with Gasteiger partial charge in [-0.3, -0.25) is 4.79 Å². The number of rotatable bonds is 4. The third-order valence-electron chi connectivity index (χ3n) is 5.31. The van der Waals surface area contributed by atoms with Gasteiger partial charge in [-0.1, -0.05) is 41.9 Å². The molecule has 0 bridgehead atoms. The number of halogens is 1. The number of amides is 1. The van der Waals surface area contributed by atoms with Gasteiger partial charge in [0, 0.05) is 35.3 Å². The van der Waals surface area contributed by atoms with E-state index in [-0.39, 0.29) is 11.2 Å². The Labute approximate surface area is 192 Å². The number of hydrogen-bond donors (Lipinski definition) is 2. The summed E-state index contributed by atoms with van der Waals surface area (Å²) < 4.78 is 7.22. The Bertz CT molecular complexity index is 1540. The molecule has 0 aliphatic heterocycles. The fraction of sp³-hybridized carbons (Fsp3) is 0.0833. The topological polar surface area (TPSA) is 102 Å². The number of aromatic nitrogens is 4. The van der Waals surface area contributed by atoms with Crippen molar-refractivity contribution >= 4 is 39.8 Å². The van der Waals surface area contributed by atoms with Crippen LogP contribution in [0.3, 0.4) is 0 Å². The minimum Gasteiger partial charge on any atom is -0.409 e. The van der Waals surface area contributed by atoms with Crippen molar-refractivity contribution in [1.29, 1.82) is 0 Å². The predicted molar refractivity (Wildman–Crippen MR) is 126 cm³/mol. The van der Waals surface area contributed by atoms with Crippen LogP contribution in [0.25, 0.3) is 22.1 Å². The van der Waals surface area contributed by atoms with E-state index in [9.17, 15) is 9.59 Å². The van der Waals surface area contributed by atoms with Crippen LogP contribution in [0.1, 0.15) is 17.2 Å². The van der Waals surface area contributed by atoms with Crippen molar-refractivity contribution in [2.75, 3.05) is 0 Å². The van der Waals surface area contributed by atoms with Crippen LogP contribution in [0.4, 0.5) is 4.79 Å². The number of H-pyrrole nitrogens is 1. The lowest BCUT2D eigenvalue weighted by molar-refractivity contribution is 0.197. The van der Waals surface area contributed by atoms with Gasteiger partial charge in [-0.25, -0.2) is 14.8 Å².